The monoisotopic (exact) mass is 234 g/mol. The molecule has 1 unspecified atom stereocenters. The van der Waals surface area contributed by atoms with E-state index in [1.54, 1.807) is 0 Å². The van der Waals surface area contributed by atoms with Crippen molar-refractivity contribution in [2.24, 2.45) is 0 Å². The van der Waals surface area contributed by atoms with Gasteiger partial charge in [0.1, 0.15) is 5.76 Å². The Morgan fingerprint density at radius 2 is 2.00 bits per heavy atom. The molecule has 0 fully saturated rings. The van der Waals surface area contributed by atoms with Crippen molar-refractivity contribution in [3.05, 3.63) is 47.7 Å². The highest BCUT2D eigenvalue weighted by atomic mass is 32.2. The maximum Gasteiger partial charge on any atom is 0.216 e. The minimum Gasteiger partial charge on any atom is -0.511 e. The van der Waals surface area contributed by atoms with Crippen LogP contribution in [0.15, 0.2) is 42.2 Å². The van der Waals surface area contributed by atoms with Gasteiger partial charge in [-0.05, 0) is 18.4 Å². The summed E-state index contributed by atoms with van der Waals surface area (Å²) in [5.41, 5.74) is 1.14. The molecule has 0 aliphatic carbocycles. The standard InChI is InChI=1S/C13H14O2S/c1-2-13(11(14)8-12(15)16-13)9-10-6-4-3-5-7-10/h3-8,14H,2,9H2,1H3. The van der Waals surface area contributed by atoms with Crippen LogP contribution in [0.3, 0.4) is 0 Å². The fraction of sp³-hybridized carbons (Fsp3) is 0.308. The molecule has 0 saturated carbocycles. The molecule has 84 valence electrons. The lowest BCUT2D eigenvalue weighted by Crippen LogP contribution is -2.27. The highest BCUT2D eigenvalue weighted by Crippen LogP contribution is 2.43. The van der Waals surface area contributed by atoms with Crippen LogP contribution in [0.2, 0.25) is 0 Å². The Hall–Kier alpha value is -1.22. The first-order valence-electron chi connectivity index (χ1n) is 5.34. The maximum atomic E-state index is 11.3. The maximum absolute atomic E-state index is 11.3. The number of aliphatic hydroxyl groups is 1. The zero-order valence-electron chi connectivity index (χ0n) is 9.14. The fourth-order valence-corrected chi connectivity index (χ4v) is 3.05. The predicted molar refractivity (Wildman–Crippen MR) is 66.5 cm³/mol. The molecule has 1 atom stereocenters. The molecule has 1 aromatic carbocycles. The summed E-state index contributed by atoms with van der Waals surface area (Å²) < 4.78 is -0.446. The zero-order chi connectivity index (χ0) is 11.6. The SMILES string of the molecule is CCC1(Cc2ccccc2)SC(=O)C=C1O. The van der Waals surface area contributed by atoms with Crippen LogP contribution in [0.5, 0.6) is 0 Å². The van der Waals surface area contributed by atoms with Crippen LogP contribution in [0.25, 0.3) is 0 Å². The number of rotatable bonds is 3. The number of hydrogen-bond donors (Lipinski definition) is 1. The second-order valence-corrected chi connectivity index (χ2v) is 5.35. The molecule has 0 amide bonds. The average Bonchev–Trinajstić information content (AvgIpc) is 2.56. The number of thioether (sulfide) groups is 1. The third-order valence-electron chi connectivity index (χ3n) is 2.92. The smallest absolute Gasteiger partial charge is 0.216 e. The minimum atomic E-state index is -0.446. The second kappa shape index (κ2) is 4.34. The summed E-state index contributed by atoms with van der Waals surface area (Å²) in [4.78, 5) is 11.3. The Labute approximate surface area is 99.4 Å². The molecule has 0 saturated heterocycles. The van der Waals surface area contributed by atoms with Crippen molar-refractivity contribution in [1.82, 2.24) is 0 Å². The van der Waals surface area contributed by atoms with Crippen molar-refractivity contribution in [3.63, 3.8) is 0 Å². The van der Waals surface area contributed by atoms with Crippen molar-refractivity contribution < 1.29 is 9.90 Å². The third kappa shape index (κ3) is 2.00. The van der Waals surface area contributed by atoms with Gasteiger partial charge in [0.15, 0.2) is 0 Å². The Kier molecular flexibility index (Phi) is 3.06. The lowest BCUT2D eigenvalue weighted by atomic mass is 9.94. The number of hydrogen-bond acceptors (Lipinski definition) is 3. The van der Waals surface area contributed by atoms with E-state index in [1.165, 1.54) is 17.8 Å². The Bertz CT molecular complexity index is 425. The number of aliphatic hydroxyl groups excluding tert-OH is 1. The van der Waals surface area contributed by atoms with E-state index in [0.29, 0.717) is 6.42 Å². The summed E-state index contributed by atoms with van der Waals surface area (Å²) in [6, 6.07) is 9.95. The van der Waals surface area contributed by atoms with E-state index >= 15 is 0 Å². The van der Waals surface area contributed by atoms with Gasteiger partial charge < -0.3 is 5.11 Å². The molecule has 2 nitrogen and oxygen atoms in total. The summed E-state index contributed by atoms with van der Waals surface area (Å²) in [5.74, 6) is 0.217. The van der Waals surface area contributed by atoms with Crippen LogP contribution in [0.1, 0.15) is 18.9 Å². The summed E-state index contributed by atoms with van der Waals surface area (Å²) in [6.45, 7) is 2.00. The Balaban J connectivity index is 2.25. The molecule has 0 spiro atoms. The van der Waals surface area contributed by atoms with Crippen molar-refractivity contribution in [3.8, 4) is 0 Å². The number of carbonyl (C=O) groups excluding carboxylic acids is 1. The number of benzene rings is 1. The summed E-state index contributed by atoms with van der Waals surface area (Å²) in [5, 5.41) is 9.84. The average molecular weight is 234 g/mol. The predicted octanol–water partition coefficient (Wildman–Crippen LogP) is 3.09. The van der Waals surface area contributed by atoms with Gasteiger partial charge >= 0.3 is 0 Å². The molecule has 1 aliphatic rings. The van der Waals surface area contributed by atoms with Crippen LogP contribution < -0.4 is 0 Å². The van der Waals surface area contributed by atoms with Gasteiger partial charge in [-0.25, -0.2) is 0 Å². The van der Waals surface area contributed by atoms with Gasteiger partial charge in [0.05, 0.1) is 4.75 Å². The Morgan fingerprint density at radius 3 is 2.50 bits per heavy atom. The molecule has 1 aromatic rings. The second-order valence-electron chi connectivity index (χ2n) is 3.96. The minimum absolute atomic E-state index is 0.0460. The molecule has 2 rings (SSSR count). The first-order chi connectivity index (χ1) is 7.66. The van der Waals surface area contributed by atoms with E-state index in [9.17, 15) is 9.90 Å². The zero-order valence-corrected chi connectivity index (χ0v) is 9.96. The first-order valence-corrected chi connectivity index (χ1v) is 6.16. The molecule has 1 heterocycles. The van der Waals surface area contributed by atoms with Crippen LogP contribution in [-0.4, -0.2) is 15.0 Å². The highest BCUT2D eigenvalue weighted by molar-refractivity contribution is 8.15. The first kappa shape index (κ1) is 11.3. The van der Waals surface area contributed by atoms with Crippen molar-refractivity contribution in [2.75, 3.05) is 0 Å². The largest absolute Gasteiger partial charge is 0.511 e. The van der Waals surface area contributed by atoms with Crippen LogP contribution in [0, 0.1) is 0 Å². The van der Waals surface area contributed by atoms with Gasteiger partial charge in [-0.3, -0.25) is 4.79 Å². The molecule has 1 N–H and O–H groups in total. The third-order valence-corrected chi connectivity index (χ3v) is 4.27. The molecule has 3 heteroatoms. The highest BCUT2D eigenvalue weighted by Gasteiger charge is 2.41. The van der Waals surface area contributed by atoms with E-state index < -0.39 is 4.75 Å². The fourth-order valence-electron chi connectivity index (χ4n) is 1.95. The topological polar surface area (TPSA) is 37.3 Å². The lowest BCUT2D eigenvalue weighted by Gasteiger charge is -2.26. The molecule has 1 aliphatic heterocycles. The summed E-state index contributed by atoms with van der Waals surface area (Å²) >= 11 is 1.23. The molecule has 0 aromatic heterocycles. The van der Waals surface area contributed by atoms with Gasteiger partial charge in [0.2, 0.25) is 5.12 Å². The normalized spacial score (nSPS) is 24.6. The van der Waals surface area contributed by atoms with Crippen LogP contribution in [0.4, 0.5) is 0 Å². The van der Waals surface area contributed by atoms with Crippen molar-refractivity contribution >= 4 is 16.9 Å². The van der Waals surface area contributed by atoms with Gasteiger partial charge in [0.25, 0.3) is 0 Å². The van der Waals surface area contributed by atoms with Crippen molar-refractivity contribution in [1.29, 1.82) is 0 Å². The molecular formula is C13H14O2S. The quantitative estimate of drug-likeness (QED) is 0.873. The van der Waals surface area contributed by atoms with Gasteiger partial charge in [-0.15, -0.1) is 0 Å². The lowest BCUT2D eigenvalue weighted by molar-refractivity contribution is -0.106. The van der Waals surface area contributed by atoms with Crippen LogP contribution >= 0.6 is 11.8 Å². The van der Waals surface area contributed by atoms with Crippen molar-refractivity contribution in [2.45, 2.75) is 24.5 Å². The molecule has 0 radical (unpaired) electrons. The number of carbonyl (C=O) groups is 1. The van der Waals surface area contributed by atoms with E-state index in [4.69, 9.17) is 0 Å². The van der Waals surface area contributed by atoms with E-state index in [1.807, 2.05) is 37.3 Å². The molecular weight excluding hydrogens is 220 g/mol. The molecule has 0 bridgehead atoms. The Morgan fingerprint density at radius 1 is 1.31 bits per heavy atom. The van der Waals surface area contributed by atoms with Gasteiger partial charge in [-0.1, -0.05) is 49.0 Å². The summed E-state index contributed by atoms with van der Waals surface area (Å²) in [6.07, 6.45) is 2.79. The van der Waals surface area contributed by atoms with E-state index in [0.717, 1.165) is 12.0 Å². The molecule has 16 heavy (non-hydrogen) atoms. The van der Waals surface area contributed by atoms with E-state index in [-0.39, 0.29) is 10.9 Å². The van der Waals surface area contributed by atoms with E-state index in [2.05, 4.69) is 0 Å². The summed E-state index contributed by atoms with van der Waals surface area (Å²) in [7, 11) is 0. The van der Waals surface area contributed by atoms with Gasteiger partial charge in [0, 0.05) is 6.08 Å². The van der Waals surface area contributed by atoms with Crippen LogP contribution in [-0.2, 0) is 11.2 Å². The van der Waals surface area contributed by atoms with Gasteiger partial charge in [-0.2, -0.15) is 0 Å².